The number of nitrogens with one attached hydrogen (secondary N) is 1. The fourth-order valence-corrected chi connectivity index (χ4v) is 5.13. The Balaban J connectivity index is 1.27. The lowest BCUT2D eigenvalue weighted by Gasteiger charge is -2.14. The van der Waals surface area contributed by atoms with E-state index in [1.54, 1.807) is 36.4 Å². The summed E-state index contributed by atoms with van der Waals surface area (Å²) in [5.41, 5.74) is 2.86. The first-order valence-corrected chi connectivity index (χ1v) is 13.6. The molecule has 0 unspecified atom stereocenters. The van der Waals surface area contributed by atoms with E-state index in [1.165, 1.54) is 0 Å². The Labute approximate surface area is 240 Å². The van der Waals surface area contributed by atoms with Gasteiger partial charge in [0.2, 0.25) is 6.79 Å². The van der Waals surface area contributed by atoms with Crippen LogP contribution in [0.1, 0.15) is 23.6 Å². The molecule has 0 saturated carbocycles. The number of carbonyl (C=O) groups excluding carboxylic acids is 3. The Hall–Kier alpha value is -4.15. The second-order valence-corrected chi connectivity index (χ2v) is 10.3. The van der Waals surface area contributed by atoms with E-state index in [1.807, 2.05) is 38.1 Å². The molecule has 0 bridgehead atoms. The van der Waals surface area contributed by atoms with Gasteiger partial charge in [-0.15, -0.1) is 0 Å². The van der Waals surface area contributed by atoms with Gasteiger partial charge in [-0.2, -0.15) is 0 Å². The maximum atomic E-state index is 13.1. The highest BCUT2D eigenvalue weighted by molar-refractivity contribution is 8.18. The van der Waals surface area contributed by atoms with Crippen molar-refractivity contribution in [2.75, 3.05) is 25.3 Å². The number of nitrogens with zero attached hydrogens (tertiary/aromatic N) is 1. The lowest BCUT2D eigenvalue weighted by molar-refractivity contribution is -0.123. The number of fused-ring (bicyclic) bond motifs is 1. The molecule has 0 aliphatic carbocycles. The molecule has 0 atom stereocenters. The molecule has 0 spiro atoms. The molecule has 0 radical (unpaired) electrons. The fraction of sp³-hybridized carbons (Fsp3) is 0.207. The summed E-state index contributed by atoms with van der Waals surface area (Å²) in [5.74, 6) is 1.08. The number of hydrogen-bond acceptors (Lipinski definition) is 8. The zero-order valence-electron chi connectivity index (χ0n) is 21.7. The molecule has 3 aromatic rings. The van der Waals surface area contributed by atoms with Crippen LogP contribution in [0.4, 0.5) is 10.5 Å². The Morgan fingerprint density at radius 3 is 2.62 bits per heavy atom. The number of benzene rings is 3. The Morgan fingerprint density at radius 2 is 1.85 bits per heavy atom. The van der Waals surface area contributed by atoms with Gasteiger partial charge in [0.25, 0.3) is 17.1 Å². The minimum absolute atomic E-state index is 0.000969. The van der Waals surface area contributed by atoms with E-state index in [-0.39, 0.29) is 30.8 Å². The minimum atomic E-state index is -0.435. The molecule has 9 nitrogen and oxygen atoms in total. The largest absolute Gasteiger partial charge is 0.490 e. The highest BCUT2D eigenvalue weighted by Crippen LogP contribution is 2.40. The molecule has 2 aliphatic heterocycles. The summed E-state index contributed by atoms with van der Waals surface area (Å²) >= 11 is 7.19. The van der Waals surface area contributed by atoms with Crippen molar-refractivity contribution in [1.29, 1.82) is 0 Å². The lowest BCUT2D eigenvalue weighted by Crippen LogP contribution is -2.27. The van der Waals surface area contributed by atoms with Crippen LogP contribution in [0.2, 0.25) is 5.02 Å². The van der Waals surface area contributed by atoms with Crippen LogP contribution < -0.4 is 24.3 Å². The molecule has 1 N–H and O–H groups in total. The number of imide groups is 1. The third-order valence-electron chi connectivity index (χ3n) is 6.09. The van der Waals surface area contributed by atoms with Crippen LogP contribution in [0.3, 0.4) is 0 Å². The molecule has 1 fully saturated rings. The number of hydrogen-bond donors (Lipinski definition) is 1. The topological polar surface area (TPSA) is 103 Å². The number of aryl methyl sites for hydroxylation is 1. The highest BCUT2D eigenvalue weighted by atomic mass is 35.5. The van der Waals surface area contributed by atoms with Gasteiger partial charge >= 0.3 is 0 Å². The molecule has 11 heteroatoms. The second kappa shape index (κ2) is 11.9. The average molecular weight is 581 g/mol. The lowest BCUT2D eigenvalue weighted by atomic mass is 10.1. The number of amides is 3. The monoisotopic (exact) mass is 580 g/mol. The minimum Gasteiger partial charge on any atom is -0.490 e. The Bertz CT molecular complexity index is 1520. The van der Waals surface area contributed by atoms with Crippen LogP contribution in [-0.4, -0.2) is 42.0 Å². The molecule has 3 amide bonds. The summed E-state index contributed by atoms with van der Waals surface area (Å²) in [5, 5.41) is 2.79. The predicted octanol–water partition coefficient (Wildman–Crippen LogP) is 6.03. The molecular weight excluding hydrogens is 556 g/mol. The van der Waals surface area contributed by atoms with Crippen molar-refractivity contribution < 1.29 is 33.3 Å². The van der Waals surface area contributed by atoms with Gasteiger partial charge in [0.15, 0.2) is 29.6 Å². The molecular formula is C29H25ClN2O7S. The van der Waals surface area contributed by atoms with Crippen LogP contribution >= 0.6 is 23.4 Å². The summed E-state index contributed by atoms with van der Waals surface area (Å²) in [4.78, 5) is 39.6. The van der Waals surface area contributed by atoms with Crippen molar-refractivity contribution in [3.05, 3.63) is 81.2 Å². The van der Waals surface area contributed by atoms with Gasteiger partial charge in [-0.25, -0.2) is 0 Å². The Morgan fingerprint density at radius 1 is 1.07 bits per heavy atom. The summed E-state index contributed by atoms with van der Waals surface area (Å²) in [6.07, 6.45) is 1.61. The van der Waals surface area contributed by atoms with Crippen molar-refractivity contribution in [3.8, 4) is 23.0 Å². The van der Waals surface area contributed by atoms with E-state index in [0.717, 1.165) is 22.2 Å². The van der Waals surface area contributed by atoms with Gasteiger partial charge in [0.1, 0.15) is 0 Å². The number of ether oxygens (including phenoxy) is 4. The first-order chi connectivity index (χ1) is 19.3. The number of halogens is 1. The van der Waals surface area contributed by atoms with E-state index >= 15 is 0 Å². The normalized spacial score (nSPS) is 15.1. The molecule has 0 aromatic heterocycles. The van der Waals surface area contributed by atoms with Crippen molar-refractivity contribution in [2.45, 2.75) is 20.4 Å². The smallest absolute Gasteiger partial charge is 0.293 e. The summed E-state index contributed by atoms with van der Waals surface area (Å²) in [6, 6.07) is 15.8. The van der Waals surface area contributed by atoms with Crippen molar-refractivity contribution in [1.82, 2.24) is 4.90 Å². The zero-order valence-corrected chi connectivity index (χ0v) is 23.3. The first kappa shape index (κ1) is 27.4. The number of thioether (sulfide) groups is 1. The van der Waals surface area contributed by atoms with E-state index in [0.29, 0.717) is 51.4 Å². The summed E-state index contributed by atoms with van der Waals surface area (Å²) in [7, 11) is 0. The first-order valence-electron chi connectivity index (χ1n) is 12.4. The zero-order chi connectivity index (χ0) is 28.2. The molecule has 40 heavy (non-hydrogen) atoms. The SMILES string of the molecule is CCOc1cc(/C=C2\SC(=O)N(Cc3cc4c(cc3Cl)OCO4)C2=O)ccc1OCC(=O)Nc1ccccc1C. The third kappa shape index (κ3) is 6.03. The maximum absolute atomic E-state index is 13.1. The van der Waals surface area contributed by atoms with Gasteiger partial charge in [0, 0.05) is 16.8 Å². The van der Waals surface area contributed by atoms with E-state index < -0.39 is 11.1 Å². The number of carbonyl (C=O) groups is 3. The average Bonchev–Trinajstić information content (AvgIpc) is 3.48. The predicted molar refractivity (Wildman–Crippen MR) is 152 cm³/mol. The van der Waals surface area contributed by atoms with E-state index in [4.69, 9.17) is 30.5 Å². The van der Waals surface area contributed by atoms with Crippen LogP contribution in [0.25, 0.3) is 6.08 Å². The number of anilines is 1. The molecule has 206 valence electrons. The number of rotatable bonds is 9. The van der Waals surface area contributed by atoms with Gasteiger partial charge in [-0.3, -0.25) is 19.3 Å². The third-order valence-corrected chi connectivity index (χ3v) is 7.35. The van der Waals surface area contributed by atoms with Gasteiger partial charge in [-0.1, -0.05) is 35.9 Å². The van der Waals surface area contributed by atoms with Crippen LogP contribution in [0.5, 0.6) is 23.0 Å². The van der Waals surface area contributed by atoms with Crippen molar-refractivity contribution in [2.24, 2.45) is 0 Å². The molecule has 5 rings (SSSR count). The quantitative estimate of drug-likeness (QED) is 0.306. The maximum Gasteiger partial charge on any atom is 0.293 e. The van der Waals surface area contributed by atoms with Gasteiger partial charge in [0.05, 0.1) is 18.1 Å². The number of para-hydroxylation sites is 1. The molecule has 2 heterocycles. The van der Waals surface area contributed by atoms with Crippen molar-refractivity contribution >= 4 is 52.2 Å². The fourth-order valence-electron chi connectivity index (χ4n) is 4.08. The van der Waals surface area contributed by atoms with Crippen LogP contribution in [0, 0.1) is 6.92 Å². The molecule has 3 aromatic carbocycles. The van der Waals surface area contributed by atoms with Gasteiger partial charge in [-0.05, 0) is 72.6 Å². The molecule has 1 saturated heterocycles. The highest BCUT2D eigenvalue weighted by Gasteiger charge is 2.36. The van der Waals surface area contributed by atoms with Crippen molar-refractivity contribution in [3.63, 3.8) is 0 Å². The van der Waals surface area contributed by atoms with Crippen LogP contribution in [-0.2, 0) is 16.1 Å². The molecule has 2 aliphatic rings. The standard InChI is InChI=1S/C29H25ClN2O7S/c1-3-36-23-10-18(8-9-22(23)37-15-27(33)31-21-7-5-4-6-17(21)2)11-26-28(34)32(29(35)40-26)14-19-12-24-25(13-20(19)30)39-16-38-24/h4-13H,3,14-16H2,1-2H3,(H,31,33)/b26-11-. The van der Waals surface area contributed by atoms with Gasteiger partial charge < -0.3 is 24.3 Å². The summed E-state index contributed by atoms with van der Waals surface area (Å²) < 4.78 is 22.1. The summed E-state index contributed by atoms with van der Waals surface area (Å²) in [6.45, 7) is 3.97. The van der Waals surface area contributed by atoms with E-state index in [2.05, 4.69) is 5.32 Å². The Kier molecular flexibility index (Phi) is 8.18. The van der Waals surface area contributed by atoms with E-state index in [9.17, 15) is 14.4 Å². The van der Waals surface area contributed by atoms with Crippen LogP contribution in [0.15, 0.2) is 59.5 Å². The second-order valence-electron chi connectivity index (χ2n) is 8.86.